The molecule has 1 heterocycles. The van der Waals surface area contributed by atoms with E-state index in [-0.39, 0.29) is 12.0 Å². The van der Waals surface area contributed by atoms with E-state index in [1.54, 1.807) is 0 Å². The van der Waals surface area contributed by atoms with Crippen LogP contribution in [0.2, 0.25) is 0 Å². The summed E-state index contributed by atoms with van der Waals surface area (Å²) in [5.74, 6) is 0.750. The van der Waals surface area contributed by atoms with Gasteiger partial charge in [-0.15, -0.1) is 0 Å². The van der Waals surface area contributed by atoms with Crippen LogP contribution < -0.4 is 10.5 Å². The minimum Gasteiger partial charge on any atom is -0.467 e. The van der Waals surface area contributed by atoms with Crippen LogP contribution in [-0.4, -0.2) is 27.8 Å². The molecule has 1 aromatic rings. The minimum absolute atomic E-state index is 0.122. The molecule has 0 amide bonds. The van der Waals surface area contributed by atoms with Crippen molar-refractivity contribution in [3.8, 4) is 12.1 Å². The molecule has 0 aliphatic heterocycles. The summed E-state index contributed by atoms with van der Waals surface area (Å²) in [4.78, 5) is 11.6. The minimum atomic E-state index is 0.122. The normalized spacial score (nSPS) is 9.43. The second kappa shape index (κ2) is 5.24. The first-order valence-corrected chi connectivity index (χ1v) is 4.80. The maximum absolute atomic E-state index is 8.33. The Kier molecular flexibility index (Phi) is 3.94. The number of nitriles is 1. The lowest BCUT2D eigenvalue weighted by Gasteiger charge is -2.01. The van der Waals surface area contributed by atoms with Crippen molar-refractivity contribution in [2.75, 3.05) is 18.6 Å². The molecule has 6 nitrogen and oxygen atoms in total. The zero-order valence-electron chi connectivity index (χ0n) is 7.60. The third-order valence-corrected chi connectivity index (χ3v) is 2.09. The molecule has 0 spiro atoms. The molecule has 0 aliphatic rings. The Morgan fingerprint density at radius 1 is 1.50 bits per heavy atom. The molecule has 0 bridgehead atoms. The van der Waals surface area contributed by atoms with Gasteiger partial charge in [0.05, 0.1) is 13.2 Å². The molecule has 0 unspecified atom stereocenters. The van der Waals surface area contributed by atoms with Crippen LogP contribution in [0.25, 0.3) is 0 Å². The first-order valence-electron chi connectivity index (χ1n) is 3.81. The fourth-order valence-corrected chi connectivity index (χ4v) is 1.37. The van der Waals surface area contributed by atoms with Crippen LogP contribution in [0.1, 0.15) is 6.42 Å². The molecule has 1 rings (SSSR count). The third kappa shape index (κ3) is 3.06. The summed E-state index contributed by atoms with van der Waals surface area (Å²) >= 11 is 1.34. The Bertz CT molecular complexity index is 350. The van der Waals surface area contributed by atoms with Crippen molar-refractivity contribution in [3.05, 3.63) is 0 Å². The number of nitrogen functional groups attached to an aromatic ring is 1. The molecule has 14 heavy (non-hydrogen) atoms. The lowest BCUT2D eigenvalue weighted by Crippen LogP contribution is -2.02. The van der Waals surface area contributed by atoms with Crippen LogP contribution >= 0.6 is 11.8 Å². The predicted molar refractivity (Wildman–Crippen MR) is 51.7 cm³/mol. The highest BCUT2D eigenvalue weighted by Crippen LogP contribution is 2.16. The quantitative estimate of drug-likeness (QED) is 0.570. The largest absolute Gasteiger partial charge is 0.467 e. The van der Waals surface area contributed by atoms with Gasteiger partial charge in [0, 0.05) is 12.2 Å². The van der Waals surface area contributed by atoms with Crippen LogP contribution in [0.15, 0.2) is 5.16 Å². The van der Waals surface area contributed by atoms with Gasteiger partial charge in [0.1, 0.15) is 0 Å². The fraction of sp³-hybridized carbons (Fsp3) is 0.429. The van der Waals surface area contributed by atoms with Gasteiger partial charge in [-0.3, -0.25) is 0 Å². The summed E-state index contributed by atoms with van der Waals surface area (Å²) in [5.41, 5.74) is 5.42. The standard InChI is InChI=1S/C7H9N5OS/c1-13-6-10-5(9)11-7(12-6)14-4-2-3-8/h2,4H2,1H3,(H2,9,10,11,12). The number of hydrogen-bond acceptors (Lipinski definition) is 7. The first-order chi connectivity index (χ1) is 6.76. The number of anilines is 1. The average Bonchev–Trinajstić information content (AvgIpc) is 2.17. The SMILES string of the molecule is COc1nc(N)nc(SCCC#N)n1. The number of thioether (sulfide) groups is 1. The highest BCUT2D eigenvalue weighted by molar-refractivity contribution is 7.99. The number of methoxy groups -OCH3 is 1. The van der Waals surface area contributed by atoms with Crippen molar-refractivity contribution >= 4 is 17.7 Å². The van der Waals surface area contributed by atoms with Crippen molar-refractivity contribution in [3.63, 3.8) is 0 Å². The van der Waals surface area contributed by atoms with Gasteiger partial charge in [-0.05, 0) is 0 Å². The summed E-state index contributed by atoms with van der Waals surface area (Å²) in [6, 6.07) is 2.22. The van der Waals surface area contributed by atoms with E-state index in [1.807, 2.05) is 6.07 Å². The van der Waals surface area contributed by atoms with Gasteiger partial charge in [0.2, 0.25) is 5.95 Å². The van der Waals surface area contributed by atoms with E-state index < -0.39 is 0 Å². The Hall–Kier alpha value is -1.55. The number of nitrogens with two attached hydrogens (primary N) is 1. The second-order valence-electron chi connectivity index (χ2n) is 2.22. The Balaban J connectivity index is 2.67. The molecule has 7 heteroatoms. The van der Waals surface area contributed by atoms with E-state index >= 15 is 0 Å². The summed E-state index contributed by atoms with van der Waals surface area (Å²) < 4.78 is 4.82. The van der Waals surface area contributed by atoms with Gasteiger partial charge >= 0.3 is 6.01 Å². The van der Waals surface area contributed by atoms with E-state index in [4.69, 9.17) is 15.7 Å². The van der Waals surface area contributed by atoms with E-state index in [1.165, 1.54) is 18.9 Å². The summed E-state index contributed by atoms with van der Waals surface area (Å²) in [6.45, 7) is 0. The van der Waals surface area contributed by atoms with Crippen molar-refractivity contribution in [2.45, 2.75) is 11.6 Å². The highest BCUT2D eigenvalue weighted by Gasteiger charge is 2.04. The molecule has 0 saturated carbocycles. The molecule has 0 aromatic carbocycles. The van der Waals surface area contributed by atoms with E-state index in [2.05, 4.69) is 15.0 Å². The van der Waals surface area contributed by atoms with E-state index in [0.29, 0.717) is 17.3 Å². The molecular formula is C7H9N5OS. The van der Waals surface area contributed by atoms with Crippen molar-refractivity contribution in [2.24, 2.45) is 0 Å². The van der Waals surface area contributed by atoms with Crippen LogP contribution in [-0.2, 0) is 0 Å². The lowest BCUT2D eigenvalue weighted by molar-refractivity contribution is 0.374. The third-order valence-electron chi connectivity index (χ3n) is 1.24. The Morgan fingerprint density at radius 3 is 2.93 bits per heavy atom. The van der Waals surface area contributed by atoms with Gasteiger partial charge in [0.15, 0.2) is 5.16 Å². The zero-order valence-corrected chi connectivity index (χ0v) is 8.41. The number of nitrogens with zero attached hydrogens (tertiary/aromatic N) is 4. The molecule has 0 atom stereocenters. The first kappa shape index (κ1) is 10.5. The number of hydrogen-bond donors (Lipinski definition) is 1. The van der Waals surface area contributed by atoms with Gasteiger partial charge in [-0.2, -0.15) is 20.2 Å². The smallest absolute Gasteiger partial charge is 0.321 e. The number of rotatable bonds is 4. The van der Waals surface area contributed by atoms with Crippen LogP contribution in [0, 0.1) is 11.3 Å². The monoisotopic (exact) mass is 211 g/mol. The van der Waals surface area contributed by atoms with Gasteiger partial charge in [-0.1, -0.05) is 11.8 Å². The molecular weight excluding hydrogens is 202 g/mol. The van der Waals surface area contributed by atoms with E-state index in [9.17, 15) is 0 Å². The molecule has 74 valence electrons. The molecule has 1 aromatic heterocycles. The summed E-state index contributed by atoms with van der Waals surface area (Å²) in [6.07, 6.45) is 0.443. The molecule has 2 N–H and O–H groups in total. The van der Waals surface area contributed by atoms with E-state index in [0.717, 1.165) is 0 Å². The van der Waals surface area contributed by atoms with Crippen molar-refractivity contribution < 1.29 is 4.74 Å². The van der Waals surface area contributed by atoms with Gasteiger partial charge in [-0.25, -0.2) is 0 Å². The number of ether oxygens (including phenoxy) is 1. The highest BCUT2D eigenvalue weighted by atomic mass is 32.2. The summed E-state index contributed by atoms with van der Waals surface area (Å²) in [5, 5.41) is 8.81. The van der Waals surface area contributed by atoms with Crippen molar-refractivity contribution in [1.82, 2.24) is 15.0 Å². The van der Waals surface area contributed by atoms with Crippen LogP contribution in [0.5, 0.6) is 6.01 Å². The second-order valence-corrected chi connectivity index (χ2v) is 3.28. The van der Waals surface area contributed by atoms with Crippen LogP contribution in [0.4, 0.5) is 5.95 Å². The average molecular weight is 211 g/mol. The Morgan fingerprint density at radius 2 is 2.29 bits per heavy atom. The van der Waals surface area contributed by atoms with Crippen LogP contribution in [0.3, 0.4) is 0 Å². The van der Waals surface area contributed by atoms with Crippen molar-refractivity contribution in [1.29, 1.82) is 5.26 Å². The van der Waals surface area contributed by atoms with Gasteiger partial charge in [0.25, 0.3) is 0 Å². The summed E-state index contributed by atoms with van der Waals surface area (Å²) in [7, 11) is 1.46. The fourth-order valence-electron chi connectivity index (χ4n) is 0.697. The maximum Gasteiger partial charge on any atom is 0.321 e. The zero-order chi connectivity index (χ0) is 10.4. The molecule has 0 saturated heterocycles. The molecule has 0 radical (unpaired) electrons. The number of aromatic nitrogens is 3. The van der Waals surface area contributed by atoms with Gasteiger partial charge < -0.3 is 10.5 Å². The molecule has 0 fully saturated rings. The maximum atomic E-state index is 8.33. The molecule has 0 aliphatic carbocycles. The topological polar surface area (TPSA) is 97.7 Å². The Labute approximate surface area is 85.5 Å². The predicted octanol–water partition coefficient (Wildman–Crippen LogP) is 0.468. The lowest BCUT2D eigenvalue weighted by atomic mass is 10.6.